The van der Waals surface area contributed by atoms with Crippen molar-refractivity contribution in [3.63, 3.8) is 0 Å². The van der Waals surface area contributed by atoms with Gasteiger partial charge in [-0.25, -0.2) is 0 Å². The van der Waals surface area contributed by atoms with Gasteiger partial charge in [-0.1, -0.05) is 23.4 Å². The van der Waals surface area contributed by atoms with Crippen LogP contribution < -0.4 is 0 Å². The summed E-state index contributed by atoms with van der Waals surface area (Å²) in [6.45, 7) is 2.37. The number of ether oxygens (including phenoxy) is 1. The Morgan fingerprint density at radius 2 is 2.19 bits per heavy atom. The molecule has 0 spiro atoms. The first-order valence-electron chi connectivity index (χ1n) is 6.91. The lowest BCUT2D eigenvalue weighted by molar-refractivity contribution is -0.0264. The molecule has 0 N–H and O–H groups in total. The Labute approximate surface area is 121 Å². The molecule has 0 saturated carbocycles. The van der Waals surface area contributed by atoms with E-state index in [2.05, 4.69) is 22.1 Å². The first-order chi connectivity index (χ1) is 10.3. The highest BCUT2D eigenvalue weighted by atomic mass is 16.5. The number of aromatic nitrogens is 2. The lowest BCUT2D eigenvalue weighted by Crippen LogP contribution is -2.35. The van der Waals surface area contributed by atoms with Gasteiger partial charge >= 0.3 is 0 Å². The number of nitrogens with zero attached hydrogens (tertiary/aromatic N) is 3. The Morgan fingerprint density at radius 1 is 1.29 bits per heavy atom. The van der Waals surface area contributed by atoms with Crippen LogP contribution in [-0.2, 0) is 4.74 Å². The number of hydrogen-bond acceptors (Lipinski definition) is 6. The minimum absolute atomic E-state index is 0.139. The Morgan fingerprint density at radius 3 is 3.10 bits per heavy atom. The third-order valence-corrected chi connectivity index (χ3v) is 3.71. The van der Waals surface area contributed by atoms with Crippen LogP contribution in [0, 0.1) is 0 Å². The molecule has 0 aliphatic carbocycles. The van der Waals surface area contributed by atoms with E-state index in [1.807, 2.05) is 24.3 Å². The number of likely N-dealkylation sites (N-methyl/N-ethyl adjacent to an activating group) is 1. The zero-order chi connectivity index (χ0) is 14.2. The standard InChI is InChI=1S/C15H15N3O3/c1-18-6-7-19-13(8-18)14-16-15(21-17-14)11-9-20-12-5-3-2-4-10(11)12/h2-5,9,13H,6-8H2,1H3. The second-order valence-electron chi connectivity index (χ2n) is 5.22. The van der Waals surface area contributed by atoms with E-state index in [1.54, 1.807) is 6.26 Å². The summed E-state index contributed by atoms with van der Waals surface area (Å²) in [7, 11) is 2.06. The van der Waals surface area contributed by atoms with Crippen LogP contribution in [0.1, 0.15) is 11.9 Å². The van der Waals surface area contributed by atoms with E-state index in [1.165, 1.54) is 0 Å². The summed E-state index contributed by atoms with van der Waals surface area (Å²) in [4.78, 5) is 6.66. The van der Waals surface area contributed by atoms with Crippen molar-refractivity contribution in [2.45, 2.75) is 6.10 Å². The van der Waals surface area contributed by atoms with Gasteiger partial charge in [0.1, 0.15) is 18.0 Å². The molecule has 4 rings (SSSR count). The van der Waals surface area contributed by atoms with Gasteiger partial charge in [0.15, 0.2) is 0 Å². The summed E-state index contributed by atoms with van der Waals surface area (Å²) in [6.07, 6.45) is 1.51. The Kier molecular flexibility index (Phi) is 2.98. The maximum Gasteiger partial charge on any atom is 0.261 e. The highest BCUT2D eigenvalue weighted by Gasteiger charge is 2.25. The fourth-order valence-corrected chi connectivity index (χ4v) is 2.55. The summed E-state index contributed by atoms with van der Waals surface area (Å²) in [6, 6.07) is 7.77. The predicted octanol–water partition coefficient (Wildman–Crippen LogP) is 2.49. The monoisotopic (exact) mass is 285 g/mol. The first kappa shape index (κ1) is 12.6. The summed E-state index contributed by atoms with van der Waals surface area (Å²) in [5, 5.41) is 5.02. The van der Waals surface area contributed by atoms with Crippen molar-refractivity contribution >= 4 is 11.0 Å². The third-order valence-electron chi connectivity index (χ3n) is 3.71. The van der Waals surface area contributed by atoms with E-state index in [4.69, 9.17) is 13.7 Å². The number of furan rings is 1. The smallest absolute Gasteiger partial charge is 0.261 e. The Balaban J connectivity index is 1.68. The quantitative estimate of drug-likeness (QED) is 0.720. The van der Waals surface area contributed by atoms with E-state index in [0.29, 0.717) is 18.3 Å². The van der Waals surface area contributed by atoms with E-state index >= 15 is 0 Å². The molecule has 1 aliphatic heterocycles. The molecule has 6 heteroatoms. The van der Waals surface area contributed by atoms with Crippen molar-refractivity contribution in [2.75, 3.05) is 26.7 Å². The van der Waals surface area contributed by atoms with Crippen LogP contribution in [0.15, 0.2) is 39.5 Å². The molecule has 2 aromatic heterocycles. The van der Waals surface area contributed by atoms with Crippen LogP contribution in [0.5, 0.6) is 0 Å². The SMILES string of the molecule is CN1CCOC(c2noc(-c3coc4ccccc34)n2)C1. The summed E-state index contributed by atoms with van der Waals surface area (Å²) in [5.74, 6) is 1.05. The number of fused-ring (bicyclic) bond motifs is 1. The van der Waals surface area contributed by atoms with Gasteiger partial charge in [0, 0.05) is 18.5 Å². The van der Waals surface area contributed by atoms with Crippen molar-refractivity contribution in [3.8, 4) is 11.5 Å². The van der Waals surface area contributed by atoms with Crippen LogP contribution in [0.3, 0.4) is 0 Å². The number of benzene rings is 1. The van der Waals surface area contributed by atoms with E-state index in [9.17, 15) is 0 Å². The number of rotatable bonds is 2. The van der Waals surface area contributed by atoms with Crippen LogP contribution >= 0.6 is 0 Å². The molecule has 21 heavy (non-hydrogen) atoms. The first-order valence-corrected chi connectivity index (χ1v) is 6.91. The molecule has 0 radical (unpaired) electrons. The zero-order valence-electron chi connectivity index (χ0n) is 11.7. The summed E-state index contributed by atoms with van der Waals surface area (Å²) < 4.78 is 16.6. The lowest BCUT2D eigenvalue weighted by Gasteiger charge is -2.27. The molecular weight excluding hydrogens is 270 g/mol. The molecule has 108 valence electrons. The fraction of sp³-hybridized carbons (Fsp3) is 0.333. The second-order valence-corrected chi connectivity index (χ2v) is 5.22. The van der Waals surface area contributed by atoms with Crippen LogP contribution in [0.25, 0.3) is 22.4 Å². The maximum absolute atomic E-state index is 5.70. The van der Waals surface area contributed by atoms with Gasteiger partial charge in [0.25, 0.3) is 5.89 Å². The Hall–Kier alpha value is -2.18. The van der Waals surface area contributed by atoms with Crippen molar-refractivity contribution in [3.05, 3.63) is 36.4 Å². The second kappa shape index (κ2) is 4.98. The minimum Gasteiger partial charge on any atom is -0.463 e. The van der Waals surface area contributed by atoms with Gasteiger partial charge in [0.05, 0.1) is 12.2 Å². The summed E-state index contributed by atoms with van der Waals surface area (Å²) in [5.41, 5.74) is 1.62. The molecule has 1 atom stereocenters. The van der Waals surface area contributed by atoms with Crippen molar-refractivity contribution in [1.29, 1.82) is 0 Å². The van der Waals surface area contributed by atoms with E-state index in [-0.39, 0.29) is 6.10 Å². The minimum atomic E-state index is -0.139. The molecule has 3 heterocycles. The molecule has 3 aromatic rings. The van der Waals surface area contributed by atoms with Crippen molar-refractivity contribution in [1.82, 2.24) is 15.0 Å². The largest absolute Gasteiger partial charge is 0.463 e. The molecule has 1 aliphatic rings. The molecule has 0 bridgehead atoms. The molecule has 1 unspecified atom stereocenters. The maximum atomic E-state index is 5.70. The van der Waals surface area contributed by atoms with E-state index < -0.39 is 0 Å². The highest BCUT2D eigenvalue weighted by molar-refractivity contribution is 5.91. The number of morpholine rings is 1. The van der Waals surface area contributed by atoms with Gasteiger partial charge < -0.3 is 18.6 Å². The zero-order valence-corrected chi connectivity index (χ0v) is 11.7. The van der Waals surface area contributed by atoms with Crippen LogP contribution in [0.2, 0.25) is 0 Å². The van der Waals surface area contributed by atoms with Gasteiger partial charge in [-0.2, -0.15) is 4.98 Å². The normalized spacial score (nSPS) is 20.1. The number of para-hydroxylation sites is 1. The van der Waals surface area contributed by atoms with Gasteiger partial charge in [0.2, 0.25) is 5.82 Å². The Bertz CT molecular complexity index is 764. The number of hydrogen-bond donors (Lipinski definition) is 0. The average molecular weight is 285 g/mol. The van der Waals surface area contributed by atoms with Crippen molar-refractivity contribution in [2.24, 2.45) is 0 Å². The van der Waals surface area contributed by atoms with Crippen LogP contribution in [0.4, 0.5) is 0 Å². The van der Waals surface area contributed by atoms with E-state index in [0.717, 1.165) is 29.6 Å². The lowest BCUT2D eigenvalue weighted by atomic mass is 10.2. The van der Waals surface area contributed by atoms with Gasteiger partial charge in [-0.15, -0.1) is 0 Å². The van der Waals surface area contributed by atoms with Crippen molar-refractivity contribution < 1.29 is 13.7 Å². The molecule has 6 nitrogen and oxygen atoms in total. The predicted molar refractivity (Wildman–Crippen MR) is 75.7 cm³/mol. The molecule has 1 aromatic carbocycles. The average Bonchev–Trinajstić information content (AvgIpc) is 3.14. The highest BCUT2D eigenvalue weighted by Crippen LogP contribution is 2.30. The molecule has 1 fully saturated rings. The van der Waals surface area contributed by atoms with Gasteiger partial charge in [-0.05, 0) is 13.1 Å². The third kappa shape index (κ3) is 2.22. The molecular formula is C15H15N3O3. The van der Waals surface area contributed by atoms with Gasteiger partial charge in [-0.3, -0.25) is 0 Å². The fourth-order valence-electron chi connectivity index (χ4n) is 2.55. The summed E-state index contributed by atoms with van der Waals surface area (Å²) >= 11 is 0. The topological polar surface area (TPSA) is 64.5 Å². The molecule has 1 saturated heterocycles. The molecule has 0 amide bonds. The van der Waals surface area contributed by atoms with Crippen LogP contribution in [-0.4, -0.2) is 41.8 Å².